The predicted octanol–water partition coefficient (Wildman–Crippen LogP) is 4.84. The lowest BCUT2D eigenvalue weighted by Crippen LogP contribution is -2.29. The predicted molar refractivity (Wildman–Crippen MR) is 107 cm³/mol. The number of nitrogens with one attached hydrogen (secondary N) is 2. The molecule has 2 rings (SSSR count). The first-order chi connectivity index (χ1) is 12.4. The van der Waals surface area contributed by atoms with Crippen LogP contribution in [0.2, 0.25) is 5.02 Å². The molecule has 2 aromatic carbocycles. The lowest BCUT2D eigenvalue weighted by atomic mass is 9.87. The monoisotopic (exact) mass is 370 g/mol. The van der Waals surface area contributed by atoms with Crippen molar-refractivity contribution in [2.24, 2.45) is 0 Å². The first kappa shape index (κ1) is 19.7. The minimum Gasteiger partial charge on any atom is -0.479 e. The van der Waals surface area contributed by atoms with Crippen molar-refractivity contribution >= 4 is 23.3 Å². The fourth-order valence-corrected chi connectivity index (χ4v) is 2.33. The maximum Gasteiger partial charge on any atom is 0.319 e. The molecular weight excluding hydrogens is 348 g/mol. The van der Waals surface area contributed by atoms with Crippen LogP contribution in [0.15, 0.2) is 48.5 Å². The Kier molecular flexibility index (Phi) is 6.94. The molecule has 2 N–H and O–H groups in total. The molecule has 0 aliphatic heterocycles. The van der Waals surface area contributed by atoms with Gasteiger partial charge in [0.2, 0.25) is 0 Å². The van der Waals surface area contributed by atoms with E-state index in [1.54, 1.807) is 12.1 Å². The van der Waals surface area contributed by atoms with E-state index in [4.69, 9.17) is 16.3 Å². The second kappa shape index (κ2) is 9.17. The Labute approximate surface area is 159 Å². The van der Waals surface area contributed by atoms with Gasteiger partial charge in [0, 0.05) is 5.69 Å². The largest absolute Gasteiger partial charge is 0.479 e. The lowest BCUT2D eigenvalue weighted by molar-refractivity contribution is 0.253. The second-order valence-corrected chi connectivity index (χ2v) is 7.11. The van der Waals surface area contributed by atoms with Gasteiger partial charge in [-0.15, -0.1) is 0 Å². The van der Waals surface area contributed by atoms with E-state index in [-0.39, 0.29) is 24.6 Å². The van der Waals surface area contributed by atoms with Gasteiger partial charge in [0.1, 0.15) is 12.4 Å². The van der Waals surface area contributed by atoms with Gasteiger partial charge in [-0.2, -0.15) is 0 Å². The van der Waals surface area contributed by atoms with Crippen LogP contribution in [-0.2, 0) is 5.41 Å². The van der Waals surface area contributed by atoms with E-state index >= 15 is 0 Å². The Balaban J connectivity index is 1.72. The van der Waals surface area contributed by atoms with E-state index < -0.39 is 0 Å². The average molecular weight is 371 g/mol. The number of hydrogen-bond donors (Lipinski definition) is 2. The topological polar surface area (TPSA) is 50.4 Å². The summed E-state index contributed by atoms with van der Waals surface area (Å²) in [5.74, 6) is 6.25. The van der Waals surface area contributed by atoms with Crippen LogP contribution >= 0.6 is 11.6 Å². The smallest absolute Gasteiger partial charge is 0.319 e. The number of rotatable bonds is 4. The van der Waals surface area contributed by atoms with E-state index in [1.807, 2.05) is 36.4 Å². The summed E-state index contributed by atoms with van der Waals surface area (Å²) in [4.78, 5) is 11.9. The Morgan fingerprint density at radius 3 is 2.42 bits per heavy atom. The van der Waals surface area contributed by atoms with Crippen LogP contribution < -0.4 is 15.4 Å². The van der Waals surface area contributed by atoms with Crippen molar-refractivity contribution in [2.45, 2.75) is 26.2 Å². The van der Waals surface area contributed by atoms with Crippen molar-refractivity contribution in [3.05, 3.63) is 59.1 Å². The fourth-order valence-electron chi connectivity index (χ4n) is 2.14. The van der Waals surface area contributed by atoms with E-state index in [0.29, 0.717) is 10.8 Å². The van der Waals surface area contributed by atoms with Crippen LogP contribution in [0.1, 0.15) is 26.3 Å². The van der Waals surface area contributed by atoms with Gasteiger partial charge in [-0.3, -0.25) is 0 Å². The van der Waals surface area contributed by atoms with E-state index in [1.165, 1.54) is 5.56 Å². The molecule has 0 unspecified atom stereocenters. The molecule has 0 aliphatic carbocycles. The molecule has 0 radical (unpaired) electrons. The highest BCUT2D eigenvalue weighted by Crippen LogP contribution is 2.23. The zero-order valence-electron chi connectivity index (χ0n) is 15.2. The lowest BCUT2D eigenvalue weighted by Gasteiger charge is -2.19. The molecule has 0 atom stereocenters. The molecule has 0 spiro atoms. The summed E-state index contributed by atoms with van der Waals surface area (Å²) in [6, 6.07) is 14.7. The third kappa shape index (κ3) is 6.34. The van der Waals surface area contributed by atoms with E-state index in [2.05, 4.69) is 43.2 Å². The number of carbonyl (C=O) groups is 1. The van der Waals surface area contributed by atoms with Gasteiger partial charge < -0.3 is 15.4 Å². The molecule has 0 saturated carbocycles. The van der Waals surface area contributed by atoms with Gasteiger partial charge in [0.05, 0.1) is 11.6 Å². The molecule has 2 amide bonds. The Morgan fingerprint density at radius 1 is 1.08 bits per heavy atom. The van der Waals surface area contributed by atoms with Crippen LogP contribution in [0.25, 0.3) is 0 Å². The molecule has 0 aromatic heterocycles. The summed E-state index contributed by atoms with van der Waals surface area (Å²) in [6.45, 7) is 6.89. The average Bonchev–Trinajstić information content (AvgIpc) is 2.59. The molecule has 0 fully saturated rings. The van der Waals surface area contributed by atoms with Gasteiger partial charge in [-0.1, -0.05) is 68.5 Å². The zero-order chi connectivity index (χ0) is 19.0. The Hall–Kier alpha value is -2.64. The number of halogens is 1. The first-order valence-corrected chi connectivity index (χ1v) is 8.72. The number of ether oxygens (including phenoxy) is 1. The summed E-state index contributed by atoms with van der Waals surface area (Å²) in [6.07, 6.45) is 0. The van der Waals surface area contributed by atoms with Gasteiger partial charge >= 0.3 is 6.03 Å². The van der Waals surface area contributed by atoms with Crippen LogP contribution in [0.4, 0.5) is 10.5 Å². The van der Waals surface area contributed by atoms with Crippen molar-refractivity contribution in [2.75, 3.05) is 18.5 Å². The molecule has 136 valence electrons. The summed E-state index contributed by atoms with van der Waals surface area (Å²) in [7, 11) is 0. The van der Waals surface area contributed by atoms with Crippen molar-refractivity contribution in [1.82, 2.24) is 5.32 Å². The second-order valence-electron chi connectivity index (χ2n) is 6.71. The third-order valence-electron chi connectivity index (χ3n) is 3.61. The molecule has 0 aliphatic rings. The summed E-state index contributed by atoms with van der Waals surface area (Å²) in [5, 5.41) is 6.00. The first-order valence-electron chi connectivity index (χ1n) is 8.35. The quantitative estimate of drug-likeness (QED) is 0.756. The summed E-state index contributed by atoms with van der Waals surface area (Å²) in [5.41, 5.74) is 2.04. The van der Waals surface area contributed by atoms with Gasteiger partial charge in [-0.25, -0.2) is 4.79 Å². The van der Waals surface area contributed by atoms with Crippen molar-refractivity contribution < 1.29 is 9.53 Å². The van der Waals surface area contributed by atoms with E-state index in [0.717, 1.165) is 5.69 Å². The number of urea groups is 1. The highest BCUT2D eigenvalue weighted by Gasteiger charge is 2.13. The summed E-state index contributed by atoms with van der Waals surface area (Å²) >= 11 is 5.98. The molecule has 4 nitrogen and oxygen atoms in total. The number of anilines is 1. The standard InChI is InChI=1S/C21H23ClN2O2/c1-21(2,3)16-10-12-17(13-11-16)24-20(25)23-14-6-7-15-26-19-9-5-4-8-18(19)22/h4-5,8-13H,14-15H2,1-3H3,(H2,23,24,25). The number of amides is 2. The molecule has 26 heavy (non-hydrogen) atoms. The minimum atomic E-state index is -0.296. The molecule has 5 heteroatoms. The number of para-hydroxylation sites is 1. The maximum absolute atomic E-state index is 11.9. The SMILES string of the molecule is CC(C)(C)c1ccc(NC(=O)NCC#CCOc2ccccc2Cl)cc1. The zero-order valence-corrected chi connectivity index (χ0v) is 16.0. The van der Waals surface area contributed by atoms with Crippen molar-refractivity contribution in [1.29, 1.82) is 0 Å². The molecular formula is C21H23ClN2O2. The minimum absolute atomic E-state index is 0.0857. The number of benzene rings is 2. The van der Waals surface area contributed by atoms with Gasteiger partial charge in [0.25, 0.3) is 0 Å². The fraction of sp³-hybridized carbons (Fsp3) is 0.286. The highest BCUT2D eigenvalue weighted by molar-refractivity contribution is 6.32. The Bertz CT molecular complexity index is 799. The van der Waals surface area contributed by atoms with Gasteiger partial charge in [0.15, 0.2) is 0 Å². The number of carbonyl (C=O) groups excluding carboxylic acids is 1. The third-order valence-corrected chi connectivity index (χ3v) is 3.92. The molecule has 0 saturated heterocycles. The van der Waals surface area contributed by atoms with Gasteiger partial charge in [-0.05, 0) is 35.2 Å². The molecule has 0 bridgehead atoms. The molecule has 0 heterocycles. The van der Waals surface area contributed by atoms with Crippen molar-refractivity contribution in [3.8, 4) is 17.6 Å². The van der Waals surface area contributed by atoms with Crippen molar-refractivity contribution in [3.63, 3.8) is 0 Å². The Morgan fingerprint density at radius 2 is 1.77 bits per heavy atom. The number of hydrogen-bond acceptors (Lipinski definition) is 2. The normalized spacial score (nSPS) is 10.5. The van der Waals surface area contributed by atoms with E-state index in [9.17, 15) is 4.79 Å². The van der Waals surface area contributed by atoms with Crippen LogP contribution in [0.3, 0.4) is 0 Å². The van der Waals surface area contributed by atoms with Crippen LogP contribution in [-0.4, -0.2) is 19.2 Å². The summed E-state index contributed by atoms with van der Waals surface area (Å²) < 4.78 is 5.44. The molecule has 2 aromatic rings. The van der Waals surface area contributed by atoms with Crippen LogP contribution in [0.5, 0.6) is 5.75 Å². The van der Waals surface area contributed by atoms with Crippen LogP contribution in [0, 0.1) is 11.8 Å². The maximum atomic E-state index is 11.9. The highest BCUT2D eigenvalue weighted by atomic mass is 35.5.